The van der Waals surface area contributed by atoms with Crippen molar-refractivity contribution in [2.45, 2.75) is 31.6 Å². The standard InChI is InChI=1S/C18H24FN3O/c19-15-5-6-16-17(9-15)23-18(21-16)14-4-2-8-22(12-14)11-13-3-1-7-20-10-13/h5-6,9,13-14,20H,1-4,7-8,10-12H2. The molecule has 124 valence electrons. The summed E-state index contributed by atoms with van der Waals surface area (Å²) in [5.74, 6) is 1.60. The number of nitrogens with zero attached hydrogens (tertiary/aromatic N) is 2. The first-order valence-electron chi connectivity index (χ1n) is 8.77. The maximum Gasteiger partial charge on any atom is 0.199 e. The Hall–Kier alpha value is -1.46. The van der Waals surface area contributed by atoms with Crippen LogP contribution < -0.4 is 5.32 Å². The lowest BCUT2D eigenvalue weighted by Crippen LogP contribution is -2.42. The lowest BCUT2D eigenvalue weighted by atomic mass is 9.94. The maximum absolute atomic E-state index is 13.3. The molecule has 4 rings (SSSR count). The molecule has 2 aromatic rings. The molecule has 2 aliphatic rings. The van der Waals surface area contributed by atoms with Crippen molar-refractivity contribution in [2.24, 2.45) is 5.92 Å². The minimum Gasteiger partial charge on any atom is -0.440 e. The third-order valence-corrected chi connectivity index (χ3v) is 5.14. The van der Waals surface area contributed by atoms with Gasteiger partial charge >= 0.3 is 0 Å². The van der Waals surface area contributed by atoms with Gasteiger partial charge in [0.15, 0.2) is 11.5 Å². The van der Waals surface area contributed by atoms with Gasteiger partial charge in [0.05, 0.1) is 0 Å². The molecular formula is C18H24FN3O. The highest BCUT2D eigenvalue weighted by atomic mass is 19.1. The van der Waals surface area contributed by atoms with Gasteiger partial charge in [-0.15, -0.1) is 0 Å². The van der Waals surface area contributed by atoms with E-state index < -0.39 is 0 Å². The van der Waals surface area contributed by atoms with Crippen molar-refractivity contribution in [3.63, 3.8) is 0 Å². The van der Waals surface area contributed by atoms with Crippen molar-refractivity contribution in [1.82, 2.24) is 15.2 Å². The summed E-state index contributed by atoms with van der Waals surface area (Å²) in [7, 11) is 0. The SMILES string of the molecule is Fc1ccc2nc(C3CCCN(CC4CCCNC4)C3)oc2c1. The van der Waals surface area contributed by atoms with Gasteiger partial charge in [0.2, 0.25) is 0 Å². The van der Waals surface area contributed by atoms with Crippen LogP contribution in [0, 0.1) is 11.7 Å². The number of likely N-dealkylation sites (tertiary alicyclic amines) is 1. The number of aromatic nitrogens is 1. The van der Waals surface area contributed by atoms with E-state index in [0.717, 1.165) is 36.8 Å². The molecule has 2 unspecified atom stereocenters. The second kappa shape index (κ2) is 6.57. The van der Waals surface area contributed by atoms with Crippen LogP contribution in [0.5, 0.6) is 0 Å². The molecule has 2 saturated heterocycles. The largest absolute Gasteiger partial charge is 0.440 e. The van der Waals surface area contributed by atoms with Crippen LogP contribution in [-0.2, 0) is 0 Å². The van der Waals surface area contributed by atoms with Crippen molar-refractivity contribution in [1.29, 1.82) is 0 Å². The number of halogens is 1. The number of nitrogens with one attached hydrogen (secondary N) is 1. The third kappa shape index (κ3) is 3.40. The predicted octanol–water partition coefficient (Wildman–Crippen LogP) is 3.15. The van der Waals surface area contributed by atoms with E-state index in [2.05, 4.69) is 15.2 Å². The lowest BCUT2D eigenvalue weighted by Gasteiger charge is -2.35. The Morgan fingerprint density at radius 2 is 2.26 bits per heavy atom. The zero-order valence-corrected chi connectivity index (χ0v) is 13.4. The summed E-state index contributed by atoms with van der Waals surface area (Å²) >= 11 is 0. The van der Waals surface area contributed by atoms with E-state index >= 15 is 0 Å². The number of fused-ring (bicyclic) bond motifs is 1. The topological polar surface area (TPSA) is 41.3 Å². The first-order chi connectivity index (χ1) is 11.3. The van der Waals surface area contributed by atoms with Gasteiger partial charge in [-0.25, -0.2) is 9.37 Å². The zero-order chi connectivity index (χ0) is 15.6. The molecule has 0 amide bonds. The van der Waals surface area contributed by atoms with E-state index in [9.17, 15) is 4.39 Å². The molecule has 3 heterocycles. The number of hydrogen-bond acceptors (Lipinski definition) is 4. The first kappa shape index (κ1) is 15.1. The number of hydrogen-bond donors (Lipinski definition) is 1. The van der Waals surface area contributed by atoms with Gasteiger partial charge in [-0.1, -0.05) is 0 Å². The Labute approximate surface area is 136 Å². The van der Waals surface area contributed by atoms with Crippen molar-refractivity contribution in [3.8, 4) is 0 Å². The summed E-state index contributed by atoms with van der Waals surface area (Å²) < 4.78 is 19.1. The summed E-state index contributed by atoms with van der Waals surface area (Å²) in [6.45, 7) is 5.65. The molecule has 2 atom stereocenters. The summed E-state index contributed by atoms with van der Waals surface area (Å²) in [6, 6.07) is 4.57. The second-order valence-corrected chi connectivity index (χ2v) is 6.98. The van der Waals surface area contributed by atoms with E-state index in [1.165, 1.54) is 51.0 Å². The van der Waals surface area contributed by atoms with E-state index in [0.29, 0.717) is 11.5 Å². The Morgan fingerprint density at radius 3 is 3.13 bits per heavy atom. The van der Waals surface area contributed by atoms with E-state index in [1.54, 1.807) is 6.07 Å². The summed E-state index contributed by atoms with van der Waals surface area (Å²) in [5.41, 5.74) is 1.32. The fourth-order valence-electron chi connectivity index (χ4n) is 3.96. The number of benzene rings is 1. The van der Waals surface area contributed by atoms with E-state index in [4.69, 9.17) is 4.42 Å². The molecule has 1 aromatic carbocycles. The average molecular weight is 317 g/mol. The highest BCUT2D eigenvalue weighted by Crippen LogP contribution is 2.30. The minimum absolute atomic E-state index is 0.268. The maximum atomic E-state index is 13.3. The molecular weight excluding hydrogens is 293 g/mol. The van der Waals surface area contributed by atoms with Gasteiger partial charge in [0.1, 0.15) is 11.3 Å². The normalized spacial score (nSPS) is 26.7. The molecule has 5 heteroatoms. The van der Waals surface area contributed by atoms with Gasteiger partial charge in [-0.2, -0.15) is 0 Å². The van der Waals surface area contributed by atoms with Crippen LogP contribution in [0.2, 0.25) is 0 Å². The van der Waals surface area contributed by atoms with Crippen molar-refractivity contribution < 1.29 is 8.81 Å². The lowest BCUT2D eigenvalue weighted by molar-refractivity contribution is 0.157. The summed E-state index contributed by atoms with van der Waals surface area (Å²) in [5, 5.41) is 3.50. The van der Waals surface area contributed by atoms with Gasteiger partial charge < -0.3 is 14.6 Å². The first-order valence-corrected chi connectivity index (χ1v) is 8.77. The van der Waals surface area contributed by atoms with Crippen molar-refractivity contribution in [3.05, 3.63) is 29.9 Å². The fraction of sp³-hybridized carbons (Fsp3) is 0.611. The van der Waals surface area contributed by atoms with E-state index in [1.807, 2.05) is 0 Å². The number of oxazole rings is 1. The van der Waals surface area contributed by atoms with Gasteiger partial charge in [0.25, 0.3) is 0 Å². The van der Waals surface area contributed by atoms with Crippen LogP contribution in [-0.4, -0.2) is 42.6 Å². The quantitative estimate of drug-likeness (QED) is 0.944. The molecule has 0 saturated carbocycles. The van der Waals surface area contributed by atoms with Crippen molar-refractivity contribution >= 4 is 11.1 Å². The highest BCUT2D eigenvalue weighted by Gasteiger charge is 2.27. The Bertz CT molecular complexity index is 665. The third-order valence-electron chi connectivity index (χ3n) is 5.14. The summed E-state index contributed by atoms with van der Waals surface area (Å²) in [4.78, 5) is 7.14. The Morgan fingerprint density at radius 1 is 1.30 bits per heavy atom. The second-order valence-electron chi connectivity index (χ2n) is 6.98. The van der Waals surface area contributed by atoms with Crippen LogP contribution in [0.4, 0.5) is 4.39 Å². The molecule has 0 radical (unpaired) electrons. The molecule has 0 aliphatic carbocycles. The molecule has 2 fully saturated rings. The van der Waals surface area contributed by atoms with Crippen molar-refractivity contribution in [2.75, 3.05) is 32.7 Å². The van der Waals surface area contributed by atoms with Gasteiger partial charge in [0, 0.05) is 25.1 Å². The Balaban J connectivity index is 1.45. The zero-order valence-electron chi connectivity index (χ0n) is 13.4. The number of piperidine rings is 2. The molecule has 4 nitrogen and oxygen atoms in total. The fourth-order valence-corrected chi connectivity index (χ4v) is 3.96. The molecule has 0 spiro atoms. The molecule has 1 aromatic heterocycles. The van der Waals surface area contributed by atoms with Crippen LogP contribution in [0.1, 0.15) is 37.5 Å². The molecule has 0 bridgehead atoms. The van der Waals surface area contributed by atoms with E-state index in [-0.39, 0.29) is 5.82 Å². The van der Waals surface area contributed by atoms with Crippen LogP contribution in [0.25, 0.3) is 11.1 Å². The molecule has 23 heavy (non-hydrogen) atoms. The summed E-state index contributed by atoms with van der Waals surface area (Å²) in [6.07, 6.45) is 4.90. The van der Waals surface area contributed by atoms with Crippen LogP contribution in [0.15, 0.2) is 22.6 Å². The van der Waals surface area contributed by atoms with Gasteiger partial charge in [-0.3, -0.25) is 0 Å². The minimum atomic E-state index is -0.268. The Kier molecular flexibility index (Phi) is 4.31. The van der Waals surface area contributed by atoms with Crippen LogP contribution >= 0.6 is 0 Å². The number of rotatable bonds is 3. The molecule has 1 N–H and O–H groups in total. The highest BCUT2D eigenvalue weighted by molar-refractivity contribution is 5.72. The monoisotopic (exact) mass is 317 g/mol. The predicted molar refractivity (Wildman–Crippen MR) is 88.0 cm³/mol. The smallest absolute Gasteiger partial charge is 0.199 e. The average Bonchev–Trinajstić information content (AvgIpc) is 2.99. The van der Waals surface area contributed by atoms with Gasteiger partial charge in [-0.05, 0) is 63.4 Å². The molecule has 2 aliphatic heterocycles. The van der Waals surface area contributed by atoms with Crippen LogP contribution in [0.3, 0.4) is 0 Å².